The normalized spacial score (nSPS) is 23.5. The third kappa shape index (κ3) is 3.74. The molecule has 1 aliphatic heterocycles. The summed E-state index contributed by atoms with van der Waals surface area (Å²) in [6, 6.07) is 8.07. The Kier molecular flexibility index (Phi) is 4.60. The Balaban J connectivity index is 1.51. The summed E-state index contributed by atoms with van der Waals surface area (Å²) < 4.78 is 11.9. The third-order valence-electron chi connectivity index (χ3n) is 4.66. The van der Waals surface area contributed by atoms with Gasteiger partial charge >= 0.3 is 0 Å². The number of benzene rings is 1. The molecule has 2 aromatic rings. The van der Waals surface area contributed by atoms with Crippen molar-refractivity contribution >= 4 is 10.9 Å². The van der Waals surface area contributed by atoms with E-state index in [1.807, 2.05) is 30.5 Å². The minimum absolute atomic E-state index is 0.132. The number of nitrogens with one attached hydrogen (secondary N) is 2. The van der Waals surface area contributed by atoms with Crippen molar-refractivity contribution in [3.63, 3.8) is 0 Å². The van der Waals surface area contributed by atoms with E-state index in [4.69, 9.17) is 9.47 Å². The van der Waals surface area contributed by atoms with E-state index in [9.17, 15) is 5.11 Å². The lowest BCUT2D eigenvalue weighted by Crippen LogP contribution is -2.46. The van der Waals surface area contributed by atoms with Crippen LogP contribution in [0.1, 0.15) is 34.1 Å². The van der Waals surface area contributed by atoms with Gasteiger partial charge in [-0.15, -0.1) is 0 Å². The average molecular weight is 332 g/mol. The fourth-order valence-electron chi connectivity index (χ4n) is 3.59. The summed E-state index contributed by atoms with van der Waals surface area (Å²) in [4.78, 5) is 3.16. The highest BCUT2D eigenvalue weighted by Gasteiger charge is 2.45. The molecule has 0 amide bonds. The zero-order valence-corrected chi connectivity index (χ0v) is 14.9. The minimum atomic E-state index is -0.571. The van der Waals surface area contributed by atoms with E-state index >= 15 is 0 Å². The summed E-state index contributed by atoms with van der Waals surface area (Å²) >= 11 is 0. The van der Waals surface area contributed by atoms with Gasteiger partial charge in [0, 0.05) is 29.7 Å². The van der Waals surface area contributed by atoms with E-state index in [0.717, 1.165) is 23.1 Å². The molecule has 0 radical (unpaired) electrons. The van der Waals surface area contributed by atoms with Gasteiger partial charge in [0.25, 0.3) is 0 Å². The van der Waals surface area contributed by atoms with Gasteiger partial charge in [0.1, 0.15) is 18.5 Å². The Hall–Kier alpha value is -1.56. The number of aromatic nitrogens is 1. The van der Waals surface area contributed by atoms with Crippen LogP contribution in [0, 0.1) is 0 Å². The standard InChI is InChI=1S/C19H28N2O3/c1-18(2)10-17(19(3,4)24-18)21-11-13(22)12-23-16-7-5-6-15-14(16)8-9-20-15/h5-9,13,17,20-22H,10-12H2,1-4H3/t13-,17-/m1/s1. The fourth-order valence-corrected chi connectivity index (χ4v) is 3.59. The molecule has 0 spiro atoms. The second kappa shape index (κ2) is 6.39. The molecule has 0 aliphatic carbocycles. The van der Waals surface area contributed by atoms with Crippen LogP contribution in [0.4, 0.5) is 0 Å². The van der Waals surface area contributed by atoms with E-state index in [1.165, 1.54) is 0 Å². The van der Waals surface area contributed by atoms with Gasteiger partial charge in [-0.25, -0.2) is 0 Å². The number of rotatable bonds is 6. The van der Waals surface area contributed by atoms with Crippen LogP contribution in [-0.2, 0) is 4.74 Å². The summed E-state index contributed by atoms with van der Waals surface area (Å²) in [5.41, 5.74) is 0.667. The molecule has 3 rings (SSSR count). The molecule has 1 aromatic heterocycles. The van der Waals surface area contributed by atoms with Crippen molar-refractivity contribution in [2.45, 2.75) is 57.5 Å². The number of ether oxygens (including phenoxy) is 2. The first-order valence-electron chi connectivity index (χ1n) is 8.57. The zero-order chi connectivity index (χ0) is 17.4. The van der Waals surface area contributed by atoms with Crippen molar-refractivity contribution in [2.24, 2.45) is 0 Å². The van der Waals surface area contributed by atoms with Crippen LogP contribution < -0.4 is 10.1 Å². The van der Waals surface area contributed by atoms with Crippen LogP contribution in [-0.4, -0.2) is 46.6 Å². The summed E-state index contributed by atoms with van der Waals surface area (Å²) in [6.45, 7) is 9.14. The number of aliphatic hydroxyl groups excluding tert-OH is 1. The van der Waals surface area contributed by atoms with Gasteiger partial charge in [-0.1, -0.05) is 6.07 Å². The lowest BCUT2D eigenvalue weighted by Gasteiger charge is -2.28. The number of hydrogen-bond donors (Lipinski definition) is 3. The molecule has 1 fully saturated rings. The summed E-state index contributed by atoms with van der Waals surface area (Å²) in [6.07, 6.45) is 2.24. The number of fused-ring (bicyclic) bond motifs is 1. The number of H-pyrrole nitrogens is 1. The first-order chi connectivity index (χ1) is 11.3. The summed E-state index contributed by atoms with van der Waals surface area (Å²) in [5.74, 6) is 0.790. The molecule has 2 heterocycles. The van der Waals surface area contributed by atoms with Gasteiger partial charge in [0.2, 0.25) is 0 Å². The van der Waals surface area contributed by atoms with E-state index in [0.29, 0.717) is 6.54 Å². The Morgan fingerprint density at radius 3 is 2.83 bits per heavy atom. The van der Waals surface area contributed by atoms with Gasteiger partial charge in [-0.3, -0.25) is 0 Å². The molecule has 1 saturated heterocycles. The lowest BCUT2D eigenvalue weighted by atomic mass is 9.94. The lowest BCUT2D eigenvalue weighted by molar-refractivity contribution is -0.0703. The molecule has 1 aromatic carbocycles. The predicted octanol–water partition coefficient (Wildman–Crippen LogP) is 2.84. The van der Waals surface area contributed by atoms with Gasteiger partial charge in [-0.2, -0.15) is 0 Å². The van der Waals surface area contributed by atoms with Gasteiger partial charge in [-0.05, 0) is 52.3 Å². The van der Waals surface area contributed by atoms with Gasteiger partial charge in [0.05, 0.1) is 11.2 Å². The molecule has 24 heavy (non-hydrogen) atoms. The van der Waals surface area contributed by atoms with Crippen LogP contribution in [0.25, 0.3) is 10.9 Å². The van der Waals surface area contributed by atoms with Crippen molar-refractivity contribution in [1.29, 1.82) is 0 Å². The highest BCUT2D eigenvalue weighted by atomic mass is 16.5. The number of aliphatic hydroxyl groups is 1. The molecule has 5 heteroatoms. The monoisotopic (exact) mass is 332 g/mol. The third-order valence-corrected chi connectivity index (χ3v) is 4.66. The maximum Gasteiger partial charge on any atom is 0.128 e. The minimum Gasteiger partial charge on any atom is -0.490 e. The summed E-state index contributed by atoms with van der Waals surface area (Å²) in [7, 11) is 0. The molecule has 132 valence electrons. The smallest absolute Gasteiger partial charge is 0.128 e. The topological polar surface area (TPSA) is 66.5 Å². The average Bonchev–Trinajstić information content (AvgIpc) is 3.04. The van der Waals surface area contributed by atoms with Crippen LogP contribution >= 0.6 is 0 Å². The van der Waals surface area contributed by atoms with Crippen molar-refractivity contribution in [3.05, 3.63) is 30.5 Å². The molecule has 0 bridgehead atoms. The SMILES string of the molecule is CC1(C)C[C@@H](NC[C@@H](O)COc2cccc3[nH]ccc23)C(C)(C)O1. The maximum atomic E-state index is 10.3. The van der Waals surface area contributed by atoms with Crippen molar-refractivity contribution in [1.82, 2.24) is 10.3 Å². The molecular formula is C19H28N2O3. The van der Waals surface area contributed by atoms with Crippen LogP contribution in [0.3, 0.4) is 0 Å². The Bertz CT molecular complexity index is 693. The molecule has 1 aliphatic rings. The summed E-state index contributed by atoms with van der Waals surface area (Å²) in [5, 5.41) is 14.7. The molecule has 2 atom stereocenters. The van der Waals surface area contributed by atoms with Gasteiger partial charge in [0.15, 0.2) is 0 Å². The number of aromatic amines is 1. The molecule has 0 saturated carbocycles. The highest BCUT2D eigenvalue weighted by molar-refractivity contribution is 5.85. The second-order valence-corrected chi connectivity index (χ2v) is 7.79. The molecule has 5 nitrogen and oxygen atoms in total. The second-order valence-electron chi connectivity index (χ2n) is 7.79. The molecule has 0 unspecified atom stereocenters. The van der Waals surface area contributed by atoms with E-state index < -0.39 is 6.10 Å². The Labute approximate surface area is 143 Å². The maximum absolute atomic E-state index is 10.3. The Morgan fingerprint density at radius 2 is 2.12 bits per heavy atom. The van der Waals surface area contributed by atoms with Crippen LogP contribution in [0.2, 0.25) is 0 Å². The predicted molar refractivity (Wildman–Crippen MR) is 95.5 cm³/mol. The van der Waals surface area contributed by atoms with Gasteiger partial charge < -0.3 is 24.9 Å². The first-order valence-corrected chi connectivity index (χ1v) is 8.57. The van der Waals surface area contributed by atoms with E-state index in [-0.39, 0.29) is 23.9 Å². The van der Waals surface area contributed by atoms with Crippen LogP contribution in [0.5, 0.6) is 5.75 Å². The van der Waals surface area contributed by atoms with Crippen molar-refractivity contribution in [2.75, 3.05) is 13.2 Å². The van der Waals surface area contributed by atoms with E-state index in [1.54, 1.807) is 0 Å². The molecular weight excluding hydrogens is 304 g/mol. The number of hydrogen-bond acceptors (Lipinski definition) is 4. The van der Waals surface area contributed by atoms with Crippen molar-refractivity contribution in [3.8, 4) is 5.75 Å². The van der Waals surface area contributed by atoms with E-state index in [2.05, 4.69) is 38.0 Å². The van der Waals surface area contributed by atoms with Crippen molar-refractivity contribution < 1.29 is 14.6 Å². The molecule has 3 N–H and O–H groups in total. The quantitative estimate of drug-likeness (QED) is 0.761. The highest BCUT2D eigenvalue weighted by Crippen LogP contribution is 2.37. The first kappa shape index (κ1) is 17.3. The van der Waals surface area contributed by atoms with Crippen LogP contribution in [0.15, 0.2) is 30.5 Å². The Morgan fingerprint density at radius 1 is 1.33 bits per heavy atom. The largest absolute Gasteiger partial charge is 0.490 e. The zero-order valence-electron chi connectivity index (χ0n) is 14.9. The fraction of sp³-hybridized carbons (Fsp3) is 0.579.